The summed E-state index contributed by atoms with van der Waals surface area (Å²) in [5.41, 5.74) is 0. The Labute approximate surface area is 198 Å². The van der Waals surface area contributed by atoms with Crippen LogP contribution >= 0.6 is 0 Å². The number of carbonyl (C=O) groups is 1. The van der Waals surface area contributed by atoms with E-state index < -0.39 is 12.2 Å². The van der Waals surface area contributed by atoms with E-state index in [0.717, 1.165) is 51.9 Å². The van der Waals surface area contributed by atoms with Gasteiger partial charge in [-0.1, -0.05) is 0 Å². The first-order chi connectivity index (χ1) is 16.0. The van der Waals surface area contributed by atoms with Crippen molar-refractivity contribution in [3.8, 4) is 0 Å². The van der Waals surface area contributed by atoms with Crippen LogP contribution in [0.15, 0.2) is 0 Å². The summed E-state index contributed by atoms with van der Waals surface area (Å²) < 4.78 is 6.04. The second kappa shape index (κ2) is 11.7. The Morgan fingerprint density at radius 3 is 2.33 bits per heavy atom. The Hall–Kier alpha value is -0.810. The summed E-state index contributed by atoms with van der Waals surface area (Å²) in [6, 6.07) is 0.381. The van der Waals surface area contributed by atoms with Gasteiger partial charge in [0.1, 0.15) is 18.4 Å². The summed E-state index contributed by atoms with van der Waals surface area (Å²) >= 11 is 0. The molecule has 0 aromatic rings. The van der Waals surface area contributed by atoms with E-state index in [2.05, 4.69) is 39.4 Å². The van der Waals surface area contributed by atoms with E-state index in [1.54, 1.807) is 0 Å². The van der Waals surface area contributed by atoms with Crippen LogP contribution in [-0.4, -0.2) is 127 Å². The molecule has 0 bridgehead atoms. The maximum absolute atomic E-state index is 12.8. The molecule has 3 saturated heterocycles. The molecule has 0 spiro atoms. The molecule has 0 aromatic carbocycles. The van der Waals surface area contributed by atoms with Crippen molar-refractivity contribution < 1.29 is 25.1 Å². The Kier molecular flexibility index (Phi) is 9.00. The minimum Gasteiger partial charge on any atom is -0.394 e. The van der Waals surface area contributed by atoms with Crippen molar-refractivity contribution in [2.45, 2.75) is 81.5 Å². The van der Waals surface area contributed by atoms with Crippen molar-refractivity contribution in [1.82, 2.24) is 20.0 Å². The average Bonchev–Trinajstić information content (AvgIpc) is 3.18. The molecular formula is C24H46N5O4+. The zero-order valence-electron chi connectivity index (χ0n) is 20.6. The Morgan fingerprint density at radius 2 is 1.73 bits per heavy atom. The smallest absolute Gasteiger partial charge is 0.223 e. The van der Waals surface area contributed by atoms with E-state index in [1.165, 1.54) is 25.8 Å². The number of nitrogens with zero attached hydrogens (tertiary/aromatic N) is 3. The molecule has 4 aliphatic rings. The van der Waals surface area contributed by atoms with E-state index in [9.17, 15) is 15.0 Å². The SMILES string of the molecule is CN(C)C1CCC(C(=O)NCC2OC(CO)C(O)C2N2CCN(C3CCCC[NH2+]3)CC2)CC1. The van der Waals surface area contributed by atoms with Crippen molar-refractivity contribution in [2.24, 2.45) is 5.92 Å². The molecule has 0 radical (unpaired) electrons. The highest BCUT2D eigenvalue weighted by molar-refractivity contribution is 5.78. The van der Waals surface area contributed by atoms with Gasteiger partial charge in [0.2, 0.25) is 5.91 Å². The molecule has 5 atom stereocenters. The van der Waals surface area contributed by atoms with Crippen LogP contribution in [0.25, 0.3) is 0 Å². The summed E-state index contributed by atoms with van der Waals surface area (Å²) in [5, 5.41) is 26.2. The summed E-state index contributed by atoms with van der Waals surface area (Å²) in [5.74, 6) is 0.170. The Bertz CT molecular complexity index is 616. The van der Waals surface area contributed by atoms with Gasteiger partial charge in [0.15, 0.2) is 0 Å². The van der Waals surface area contributed by atoms with Gasteiger partial charge < -0.3 is 30.5 Å². The van der Waals surface area contributed by atoms with Crippen molar-refractivity contribution >= 4 is 5.91 Å². The summed E-state index contributed by atoms with van der Waals surface area (Å²) in [6.45, 7) is 5.15. The highest BCUT2D eigenvalue weighted by Gasteiger charge is 2.47. The first-order valence-corrected chi connectivity index (χ1v) is 13.2. The number of piperidine rings is 1. The minimum absolute atomic E-state index is 0.0647. The lowest BCUT2D eigenvalue weighted by atomic mass is 9.85. The number of rotatable bonds is 7. The maximum atomic E-state index is 12.8. The lowest BCUT2D eigenvalue weighted by molar-refractivity contribution is -0.717. The fraction of sp³-hybridized carbons (Fsp3) is 0.958. The quantitative estimate of drug-likeness (QED) is 0.357. The first kappa shape index (κ1) is 25.3. The normalized spacial score (nSPS) is 39.1. The van der Waals surface area contributed by atoms with E-state index in [1.807, 2.05) is 0 Å². The van der Waals surface area contributed by atoms with E-state index >= 15 is 0 Å². The molecule has 9 heteroatoms. The number of hydrogen-bond acceptors (Lipinski definition) is 7. The Balaban J connectivity index is 1.29. The van der Waals surface area contributed by atoms with Gasteiger partial charge in [-0.2, -0.15) is 0 Å². The number of hydrogen-bond donors (Lipinski definition) is 4. The highest BCUT2D eigenvalue weighted by atomic mass is 16.5. The zero-order chi connectivity index (χ0) is 23.4. The van der Waals surface area contributed by atoms with E-state index in [4.69, 9.17) is 4.74 Å². The number of nitrogens with one attached hydrogen (secondary N) is 1. The number of ether oxygens (including phenoxy) is 1. The summed E-state index contributed by atoms with van der Waals surface area (Å²) in [6.07, 6.45) is 6.81. The zero-order valence-corrected chi connectivity index (χ0v) is 20.6. The van der Waals surface area contributed by atoms with Gasteiger partial charge in [-0.3, -0.25) is 14.6 Å². The van der Waals surface area contributed by atoms with Gasteiger partial charge in [0.25, 0.3) is 0 Å². The molecule has 3 aliphatic heterocycles. The molecule has 0 aromatic heterocycles. The van der Waals surface area contributed by atoms with Gasteiger partial charge in [-0.25, -0.2) is 0 Å². The predicted molar refractivity (Wildman–Crippen MR) is 126 cm³/mol. The number of aliphatic hydroxyl groups excluding tert-OH is 2. The molecule has 9 nitrogen and oxygen atoms in total. The summed E-state index contributed by atoms with van der Waals surface area (Å²) in [7, 11) is 4.22. The van der Waals surface area contributed by atoms with Crippen LogP contribution in [0.2, 0.25) is 0 Å². The second-order valence-electron chi connectivity index (χ2n) is 10.8. The molecule has 5 N–H and O–H groups in total. The Morgan fingerprint density at radius 1 is 1.03 bits per heavy atom. The number of amides is 1. The molecule has 4 rings (SSSR count). The second-order valence-corrected chi connectivity index (χ2v) is 10.8. The monoisotopic (exact) mass is 468 g/mol. The number of aliphatic hydroxyl groups is 2. The van der Waals surface area contributed by atoms with Gasteiger partial charge >= 0.3 is 0 Å². The molecule has 1 aliphatic carbocycles. The van der Waals surface area contributed by atoms with Crippen molar-refractivity contribution in [1.29, 1.82) is 0 Å². The third kappa shape index (κ3) is 6.07. The lowest BCUT2D eigenvalue weighted by Gasteiger charge is -2.42. The third-order valence-electron chi connectivity index (χ3n) is 8.55. The molecule has 1 amide bonds. The molecule has 1 saturated carbocycles. The van der Waals surface area contributed by atoms with Crippen LogP contribution in [0.3, 0.4) is 0 Å². The minimum atomic E-state index is -0.736. The fourth-order valence-corrected chi connectivity index (χ4v) is 6.42. The van der Waals surface area contributed by atoms with Crippen LogP contribution in [0.4, 0.5) is 0 Å². The average molecular weight is 469 g/mol. The molecule has 190 valence electrons. The van der Waals surface area contributed by atoms with Crippen LogP contribution < -0.4 is 10.6 Å². The van der Waals surface area contributed by atoms with E-state index in [-0.39, 0.29) is 30.6 Å². The van der Waals surface area contributed by atoms with Crippen molar-refractivity contribution in [3.05, 3.63) is 0 Å². The number of nitrogens with two attached hydrogens (primary N) is 1. The van der Waals surface area contributed by atoms with E-state index in [0.29, 0.717) is 18.8 Å². The predicted octanol–water partition coefficient (Wildman–Crippen LogP) is -1.60. The topological polar surface area (TPSA) is 105 Å². The van der Waals surface area contributed by atoms with Gasteiger partial charge in [-0.15, -0.1) is 0 Å². The number of quaternary nitrogens is 1. The van der Waals surface area contributed by atoms with Crippen LogP contribution in [-0.2, 0) is 9.53 Å². The first-order valence-electron chi connectivity index (χ1n) is 13.2. The third-order valence-corrected chi connectivity index (χ3v) is 8.55. The number of piperazine rings is 1. The van der Waals surface area contributed by atoms with Gasteiger partial charge in [0.05, 0.1) is 25.3 Å². The van der Waals surface area contributed by atoms with Crippen LogP contribution in [0.5, 0.6) is 0 Å². The molecule has 33 heavy (non-hydrogen) atoms. The van der Waals surface area contributed by atoms with Crippen molar-refractivity contribution in [3.63, 3.8) is 0 Å². The maximum Gasteiger partial charge on any atom is 0.223 e. The fourth-order valence-electron chi connectivity index (χ4n) is 6.42. The molecule has 5 unspecified atom stereocenters. The lowest BCUT2D eigenvalue weighted by Crippen LogP contribution is -2.95. The van der Waals surface area contributed by atoms with Gasteiger partial charge in [0, 0.05) is 51.1 Å². The standard InChI is InChI=1S/C24H45N5O4/c1-27(2)18-8-6-17(7-9-18)24(32)26-15-19-22(23(31)20(16-30)33-19)29-13-11-28(12-14-29)21-5-3-4-10-25-21/h17-23,25,30-31H,3-16H2,1-2H3,(H,26,32)/p+1. The largest absolute Gasteiger partial charge is 0.394 e. The molecule has 4 fully saturated rings. The van der Waals surface area contributed by atoms with Gasteiger partial charge in [-0.05, 0) is 52.6 Å². The highest BCUT2D eigenvalue weighted by Crippen LogP contribution is 2.29. The molecule has 3 heterocycles. The van der Waals surface area contributed by atoms with Crippen LogP contribution in [0, 0.1) is 5.92 Å². The number of carbonyl (C=O) groups excluding carboxylic acids is 1. The van der Waals surface area contributed by atoms with Crippen molar-refractivity contribution in [2.75, 3.05) is 60.0 Å². The molecular weight excluding hydrogens is 422 g/mol. The summed E-state index contributed by atoms with van der Waals surface area (Å²) in [4.78, 5) is 20.0. The van der Waals surface area contributed by atoms with Crippen LogP contribution in [0.1, 0.15) is 44.9 Å².